The second-order valence-corrected chi connectivity index (χ2v) is 9.17. The number of hydrogen-bond donors (Lipinski definition) is 2. The summed E-state index contributed by atoms with van der Waals surface area (Å²) in [6, 6.07) is 3.35. The fourth-order valence-corrected chi connectivity index (χ4v) is 6.52. The van der Waals surface area contributed by atoms with Crippen LogP contribution < -0.4 is 5.48 Å². The molecule has 1 aliphatic carbocycles. The summed E-state index contributed by atoms with van der Waals surface area (Å²) in [5.74, 6) is 0.682. The minimum Gasteiger partial charge on any atom is -0.296 e. The molecule has 1 aromatic rings. The summed E-state index contributed by atoms with van der Waals surface area (Å²) in [6.45, 7) is 5.44. The van der Waals surface area contributed by atoms with Crippen LogP contribution in [0.3, 0.4) is 0 Å². The number of amides is 1. The van der Waals surface area contributed by atoms with Crippen molar-refractivity contribution in [3.63, 3.8) is 0 Å². The normalized spacial score (nSPS) is 29.9. The van der Waals surface area contributed by atoms with E-state index in [1.165, 1.54) is 6.07 Å². The van der Waals surface area contributed by atoms with E-state index < -0.39 is 16.7 Å². The molecule has 150 valence electrons. The van der Waals surface area contributed by atoms with Crippen LogP contribution in [-0.4, -0.2) is 44.3 Å². The van der Waals surface area contributed by atoms with Crippen molar-refractivity contribution >= 4 is 16.7 Å². The Morgan fingerprint density at radius 2 is 1.96 bits per heavy atom. The Bertz CT molecular complexity index is 722. The van der Waals surface area contributed by atoms with E-state index in [-0.39, 0.29) is 11.4 Å². The first-order chi connectivity index (χ1) is 13.0. The van der Waals surface area contributed by atoms with Crippen LogP contribution in [0.4, 0.5) is 4.39 Å². The van der Waals surface area contributed by atoms with Gasteiger partial charge in [-0.3, -0.25) is 19.1 Å². The second kappa shape index (κ2) is 8.37. The third-order valence-corrected chi connectivity index (χ3v) is 8.02. The van der Waals surface area contributed by atoms with Crippen molar-refractivity contribution in [2.45, 2.75) is 58.5 Å². The maximum atomic E-state index is 14.5. The number of nitrogens with one attached hydrogen (secondary N) is 1. The molecule has 5 nitrogen and oxygen atoms in total. The molecule has 2 fully saturated rings. The van der Waals surface area contributed by atoms with Gasteiger partial charge in [0.25, 0.3) is 5.91 Å². The van der Waals surface area contributed by atoms with Gasteiger partial charge in [-0.05, 0) is 55.2 Å². The quantitative estimate of drug-likeness (QED) is 0.596. The Morgan fingerprint density at radius 3 is 2.56 bits per heavy atom. The number of hydroxylamine groups is 1. The molecule has 2 heterocycles. The Morgan fingerprint density at radius 1 is 1.30 bits per heavy atom. The fraction of sp³-hybridized carbons (Fsp3) is 0.650. The number of hydrogen-bond acceptors (Lipinski definition) is 4. The number of nitrogens with zero attached hydrogens (tertiary/aromatic N) is 1. The van der Waals surface area contributed by atoms with Crippen LogP contribution in [0.2, 0.25) is 0 Å². The zero-order chi connectivity index (χ0) is 19.6. The Labute approximate surface area is 162 Å². The SMILES string of the molecule is CC.O=C(NO)c1cc(F)c2c(c1)CCN(C1CCC3(CC1)CS(=O)C3)C2. The molecule has 1 saturated heterocycles. The van der Waals surface area contributed by atoms with Crippen LogP contribution in [0.5, 0.6) is 0 Å². The largest absolute Gasteiger partial charge is 0.296 e. The van der Waals surface area contributed by atoms with Crippen LogP contribution >= 0.6 is 0 Å². The lowest BCUT2D eigenvalue weighted by Gasteiger charge is -2.48. The van der Waals surface area contributed by atoms with Crippen molar-refractivity contribution in [3.8, 4) is 0 Å². The summed E-state index contributed by atoms with van der Waals surface area (Å²) in [7, 11) is -0.598. The van der Waals surface area contributed by atoms with Gasteiger partial charge in [-0.25, -0.2) is 9.87 Å². The van der Waals surface area contributed by atoms with Crippen molar-refractivity contribution in [2.75, 3.05) is 18.1 Å². The van der Waals surface area contributed by atoms with E-state index in [0.717, 1.165) is 49.3 Å². The first kappa shape index (κ1) is 20.4. The summed E-state index contributed by atoms with van der Waals surface area (Å²) in [5, 5.41) is 8.73. The molecule has 1 amide bonds. The molecular formula is C20H29FN2O3S. The number of carbonyl (C=O) groups is 1. The van der Waals surface area contributed by atoms with Crippen molar-refractivity contribution in [1.82, 2.24) is 10.4 Å². The summed E-state index contributed by atoms with van der Waals surface area (Å²) in [4.78, 5) is 13.9. The molecule has 1 spiro atoms. The third-order valence-electron chi connectivity index (χ3n) is 6.15. The smallest absolute Gasteiger partial charge is 0.274 e. The van der Waals surface area contributed by atoms with Crippen molar-refractivity contribution in [3.05, 3.63) is 34.6 Å². The van der Waals surface area contributed by atoms with Crippen LogP contribution in [-0.2, 0) is 23.8 Å². The molecule has 2 aliphatic heterocycles. The van der Waals surface area contributed by atoms with E-state index >= 15 is 0 Å². The summed E-state index contributed by atoms with van der Waals surface area (Å²) in [6.07, 6.45) is 5.17. The van der Waals surface area contributed by atoms with Gasteiger partial charge >= 0.3 is 0 Å². The highest BCUT2D eigenvalue weighted by Crippen LogP contribution is 2.45. The molecule has 0 bridgehead atoms. The standard InChI is InChI=1S/C18H23FN2O3S.C2H6/c19-16-8-13(17(22)20-23)7-12-3-6-21(9-15(12)16)14-1-4-18(5-2-14)10-25(24)11-18;1-2/h7-8,14,23H,1-6,9-11H2,(H,20,22);1-2H3. The van der Waals surface area contributed by atoms with E-state index in [1.54, 1.807) is 11.5 Å². The Kier molecular flexibility index (Phi) is 6.33. The van der Waals surface area contributed by atoms with E-state index in [4.69, 9.17) is 5.21 Å². The molecule has 27 heavy (non-hydrogen) atoms. The van der Waals surface area contributed by atoms with Crippen molar-refractivity contribution < 1.29 is 18.6 Å². The summed E-state index contributed by atoms with van der Waals surface area (Å²) in [5.41, 5.74) is 3.57. The molecule has 7 heteroatoms. The average Bonchev–Trinajstić information content (AvgIpc) is 2.68. The number of carbonyl (C=O) groups excluding carboxylic acids is 1. The summed E-state index contributed by atoms with van der Waals surface area (Å²) >= 11 is 0. The zero-order valence-corrected chi connectivity index (χ0v) is 16.9. The van der Waals surface area contributed by atoms with Crippen LogP contribution in [0.25, 0.3) is 0 Å². The van der Waals surface area contributed by atoms with Crippen LogP contribution in [0, 0.1) is 11.2 Å². The molecular weight excluding hydrogens is 367 g/mol. The highest BCUT2D eigenvalue weighted by atomic mass is 32.2. The molecule has 3 aliphatic rings. The molecule has 2 N–H and O–H groups in total. The Hall–Kier alpha value is -1.31. The van der Waals surface area contributed by atoms with Crippen molar-refractivity contribution in [1.29, 1.82) is 0 Å². The maximum Gasteiger partial charge on any atom is 0.274 e. The monoisotopic (exact) mass is 396 g/mol. The molecule has 0 unspecified atom stereocenters. The second-order valence-electron chi connectivity index (χ2n) is 7.72. The first-order valence-corrected chi connectivity index (χ1v) is 11.3. The first-order valence-electron chi connectivity index (χ1n) is 9.84. The molecule has 0 aromatic heterocycles. The highest BCUT2D eigenvalue weighted by molar-refractivity contribution is 7.86. The van der Waals surface area contributed by atoms with Gasteiger partial charge in [-0.15, -0.1) is 0 Å². The number of benzene rings is 1. The highest BCUT2D eigenvalue weighted by Gasteiger charge is 2.45. The van der Waals surface area contributed by atoms with Gasteiger partial charge in [0, 0.05) is 52.6 Å². The topological polar surface area (TPSA) is 69.6 Å². The van der Waals surface area contributed by atoms with Gasteiger partial charge in [0.05, 0.1) is 0 Å². The van der Waals surface area contributed by atoms with E-state index in [9.17, 15) is 13.4 Å². The van der Waals surface area contributed by atoms with Gasteiger partial charge in [0.1, 0.15) is 5.82 Å². The van der Waals surface area contributed by atoms with Crippen LogP contribution in [0.1, 0.15) is 61.0 Å². The number of fused-ring (bicyclic) bond motifs is 1. The molecule has 4 rings (SSSR count). The molecule has 0 radical (unpaired) electrons. The number of rotatable bonds is 2. The average molecular weight is 397 g/mol. The molecule has 0 atom stereocenters. The summed E-state index contributed by atoms with van der Waals surface area (Å²) < 4.78 is 25.9. The van der Waals surface area contributed by atoms with Gasteiger partial charge in [-0.2, -0.15) is 0 Å². The minimum atomic E-state index is -0.681. The lowest BCUT2D eigenvalue weighted by molar-refractivity contribution is 0.0705. The van der Waals surface area contributed by atoms with E-state index in [2.05, 4.69) is 4.90 Å². The Balaban J connectivity index is 0.00000102. The van der Waals surface area contributed by atoms with Gasteiger partial charge in [-0.1, -0.05) is 13.8 Å². The van der Waals surface area contributed by atoms with Crippen molar-refractivity contribution in [2.24, 2.45) is 5.41 Å². The predicted octanol–water partition coefficient (Wildman–Crippen LogP) is 3.02. The fourth-order valence-electron chi connectivity index (χ4n) is 4.66. The predicted molar refractivity (Wildman–Crippen MR) is 104 cm³/mol. The zero-order valence-electron chi connectivity index (χ0n) is 16.1. The van der Waals surface area contributed by atoms with Gasteiger partial charge in [0.15, 0.2) is 0 Å². The van der Waals surface area contributed by atoms with E-state index in [1.807, 2.05) is 13.8 Å². The molecule has 1 saturated carbocycles. The number of halogens is 1. The van der Waals surface area contributed by atoms with Gasteiger partial charge < -0.3 is 0 Å². The molecule has 1 aromatic carbocycles. The lowest BCUT2D eigenvalue weighted by atomic mass is 9.74. The minimum absolute atomic E-state index is 0.157. The maximum absolute atomic E-state index is 14.5. The lowest BCUT2D eigenvalue weighted by Crippen LogP contribution is -2.51. The van der Waals surface area contributed by atoms with Crippen LogP contribution in [0.15, 0.2) is 12.1 Å². The van der Waals surface area contributed by atoms with Gasteiger partial charge in [0.2, 0.25) is 0 Å². The third kappa shape index (κ3) is 4.10. The van der Waals surface area contributed by atoms with E-state index in [0.29, 0.717) is 30.0 Å².